The largest absolute Gasteiger partial charge is 0.508 e. The van der Waals surface area contributed by atoms with Gasteiger partial charge in [-0.15, -0.1) is 0 Å². The molecule has 5 nitrogen and oxygen atoms in total. The van der Waals surface area contributed by atoms with E-state index in [-0.39, 0.29) is 5.75 Å². The van der Waals surface area contributed by atoms with Crippen molar-refractivity contribution in [1.82, 2.24) is 4.90 Å². The molecule has 1 amide bonds. The van der Waals surface area contributed by atoms with E-state index in [4.69, 9.17) is 0 Å². The first-order chi connectivity index (χ1) is 11.0. The molecule has 0 bridgehead atoms. The number of hydrogen-bond acceptors (Lipinski definition) is 4. The maximum absolute atomic E-state index is 12.2. The molecule has 1 saturated heterocycles. The Morgan fingerprint density at radius 1 is 1.04 bits per heavy atom. The quantitative estimate of drug-likeness (QED) is 0.800. The molecule has 120 valence electrons. The van der Waals surface area contributed by atoms with Crippen LogP contribution in [-0.2, 0) is 4.79 Å². The van der Waals surface area contributed by atoms with E-state index in [0.717, 1.165) is 0 Å². The number of phenols is 1. The second-order valence-electron chi connectivity index (χ2n) is 5.82. The number of likely N-dealkylation sites (N-methyl/N-ethyl adjacent to an activating group) is 1. The lowest BCUT2D eigenvalue weighted by Crippen LogP contribution is -2.36. The highest BCUT2D eigenvalue weighted by atomic mass is 16.3. The van der Waals surface area contributed by atoms with E-state index in [1.165, 1.54) is 11.0 Å². The number of hydrogen-bond donors (Lipinski definition) is 3. The van der Waals surface area contributed by atoms with E-state index in [2.05, 4.69) is 0 Å². The number of para-hydroxylation sites is 1. The fraction of sp³-hybridized carbons (Fsp3) is 0.278. The molecule has 5 heteroatoms. The standard InChI is InChI=1S/C18H19NO4/c1-19-15(16(21)11-7-3-2-4-8-11)14(17(22)18(19)23)12-9-5-6-10-13(12)20/h2-10,14-17,20-22H,1H3/t14-,15-,16?,17+/m1/s1. The van der Waals surface area contributed by atoms with Gasteiger partial charge >= 0.3 is 0 Å². The molecule has 1 fully saturated rings. The lowest BCUT2D eigenvalue weighted by molar-refractivity contribution is -0.135. The molecule has 1 heterocycles. The van der Waals surface area contributed by atoms with Crippen molar-refractivity contribution >= 4 is 5.91 Å². The van der Waals surface area contributed by atoms with E-state index in [0.29, 0.717) is 11.1 Å². The third-order valence-corrected chi connectivity index (χ3v) is 4.52. The van der Waals surface area contributed by atoms with Gasteiger partial charge in [0.05, 0.1) is 6.04 Å². The number of carbonyl (C=O) groups excluding carboxylic acids is 1. The normalized spacial score (nSPS) is 25.6. The van der Waals surface area contributed by atoms with Gasteiger partial charge in [0.2, 0.25) is 0 Å². The van der Waals surface area contributed by atoms with E-state index >= 15 is 0 Å². The van der Waals surface area contributed by atoms with Crippen molar-refractivity contribution in [3.05, 3.63) is 65.7 Å². The van der Waals surface area contributed by atoms with Crippen LogP contribution in [0.3, 0.4) is 0 Å². The number of aromatic hydroxyl groups is 1. The summed E-state index contributed by atoms with van der Waals surface area (Å²) in [5.41, 5.74) is 1.12. The highest BCUT2D eigenvalue weighted by Gasteiger charge is 2.50. The van der Waals surface area contributed by atoms with E-state index < -0.39 is 30.1 Å². The van der Waals surface area contributed by atoms with Crippen LogP contribution in [0.25, 0.3) is 0 Å². The molecule has 0 radical (unpaired) electrons. The summed E-state index contributed by atoms with van der Waals surface area (Å²) in [7, 11) is 1.56. The summed E-state index contributed by atoms with van der Waals surface area (Å²) in [6.45, 7) is 0. The monoisotopic (exact) mass is 313 g/mol. The Balaban J connectivity index is 2.05. The predicted octanol–water partition coefficient (Wildman–Crippen LogP) is 1.41. The second-order valence-corrected chi connectivity index (χ2v) is 5.82. The van der Waals surface area contributed by atoms with Gasteiger partial charge in [-0.2, -0.15) is 0 Å². The Morgan fingerprint density at radius 2 is 1.65 bits per heavy atom. The van der Waals surface area contributed by atoms with Gasteiger partial charge in [0.25, 0.3) is 5.91 Å². The number of benzene rings is 2. The smallest absolute Gasteiger partial charge is 0.252 e. The number of aliphatic hydroxyl groups excluding tert-OH is 2. The van der Waals surface area contributed by atoms with Crippen molar-refractivity contribution in [3.63, 3.8) is 0 Å². The van der Waals surface area contributed by atoms with Gasteiger partial charge in [0.1, 0.15) is 18.0 Å². The molecular weight excluding hydrogens is 294 g/mol. The molecule has 0 spiro atoms. The molecular formula is C18H19NO4. The molecule has 3 N–H and O–H groups in total. The summed E-state index contributed by atoms with van der Waals surface area (Å²) < 4.78 is 0. The van der Waals surface area contributed by atoms with Crippen LogP contribution < -0.4 is 0 Å². The van der Waals surface area contributed by atoms with Gasteiger partial charge in [-0.1, -0.05) is 48.5 Å². The minimum absolute atomic E-state index is 0.00455. The molecule has 3 rings (SSSR count). The fourth-order valence-corrected chi connectivity index (χ4v) is 3.32. The van der Waals surface area contributed by atoms with Crippen molar-refractivity contribution in [2.75, 3.05) is 7.05 Å². The molecule has 2 aromatic rings. The van der Waals surface area contributed by atoms with E-state index in [1.807, 2.05) is 6.07 Å². The number of aliphatic hydroxyl groups is 2. The fourth-order valence-electron chi connectivity index (χ4n) is 3.32. The zero-order valence-electron chi connectivity index (χ0n) is 12.7. The lowest BCUT2D eigenvalue weighted by Gasteiger charge is -2.30. The minimum Gasteiger partial charge on any atom is -0.508 e. The summed E-state index contributed by atoms with van der Waals surface area (Å²) >= 11 is 0. The van der Waals surface area contributed by atoms with Crippen LogP contribution in [0.5, 0.6) is 5.75 Å². The first-order valence-corrected chi connectivity index (χ1v) is 7.48. The van der Waals surface area contributed by atoms with Crippen molar-refractivity contribution in [2.45, 2.75) is 24.2 Å². The molecule has 0 aliphatic carbocycles. The Hall–Kier alpha value is -2.37. The Morgan fingerprint density at radius 3 is 2.30 bits per heavy atom. The van der Waals surface area contributed by atoms with E-state index in [1.54, 1.807) is 49.5 Å². The average molecular weight is 313 g/mol. The Kier molecular flexibility index (Phi) is 4.07. The number of likely N-dealkylation sites (tertiary alicyclic amines) is 1. The molecule has 4 atom stereocenters. The van der Waals surface area contributed by atoms with Gasteiger partial charge in [0.15, 0.2) is 0 Å². The van der Waals surface area contributed by atoms with Crippen LogP contribution in [0.1, 0.15) is 23.1 Å². The third-order valence-electron chi connectivity index (χ3n) is 4.52. The first kappa shape index (κ1) is 15.5. The van der Waals surface area contributed by atoms with Gasteiger partial charge in [-0.05, 0) is 11.6 Å². The molecule has 23 heavy (non-hydrogen) atoms. The number of nitrogens with zero attached hydrogens (tertiary/aromatic N) is 1. The summed E-state index contributed by atoms with van der Waals surface area (Å²) in [4.78, 5) is 13.6. The predicted molar refractivity (Wildman–Crippen MR) is 84.8 cm³/mol. The third kappa shape index (κ3) is 2.58. The summed E-state index contributed by atoms with van der Waals surface area (Å²) in [6.07, 6.45) is -2.26. The Bertz CT molecular complexity index is 703. The van der Waals surface area contributed by atoms with Crippen LogP contribution in [0.4, 0.5) is 0 Å². The van der Waals surface area contributed by atoms with Gasteiger partial charge < -0.3 is 20.2 Å². The number of carbonyl (C=O) groups is 1. The number of rotatable bonds is 3. The molecule has 1 unspecified atom stereocenters. The second kappa shape index (κ2) is 6.02. The van der Waals surface area contributed by atoms with Gasteiger partial charge in [0, 0.05) is 18.5 Å². The average Bonchev–Trinajstić information content (AvgIpc) is 2.80. The van der Waals surface area contributed by atoms with Crippen molar-refractivity contribution < 1.29 is 20.1 Å². The maximum Gasteiger partial charge on any atom is 0.252 e. The highest BCUT2D eigenvalue weighted by molar-refractivity contribution is 5.85. The highest BCUT2D eigenvalue weighted by Crippen LogP contribution is 2.42. The van der Waals surface area contributed by atoms with Crippen LogP contribution in [-0.4, -0.2) is 45.3 Å². The molecule has 0 aromatic heterocycles. The van der Waals surface area contributed by atoms with E-state index in [9.17, 15) is 20.1 Å². The summed E-state index contributed by atoms with van der Waals surface area (Å²) in [6, 6.07) is 14.9. The van der Waals surface area contributed by atoms with Crippen LogP contribution >= 0.6 is 0 Å². The molecule has 0 saturated carbocycles. The Labute approximate surface area is 134 Å². The van der Waals surface area contributed by atoms with Crippen molar-refractivity contribution in [3.8, 4) is 5.75 Å². The van der Waals surface area contributed by atoms with Crippen LogP contribution in [0, 0.1) is 0 Å². The van der Waals surface area contributed by atoms with Crippen molar-refractivity contribution in [1.29, 1.82) is 0 Å². The van der Waals surface area contributed by atoms with Crippen molar-refractivity contribution in [2.24, 2.45) is 0 Å². The summed E-state index contributed by atoms with van der Waals surface area (Å²) in [5.74, 6) is -1.16. The van der Waals surface area contributed by atoms with Gasteiger partial charge in [-0.25, -0.2) is 0 Å². The molecule has 1 aliphatic heterocycles. The zero-order valence-corrected chi connectivity index (χ0v) is 12.7. The SMILES string of the molecule is CN1C(=O)[C@@H](O)[C@H](c2ccccc2O)[C@@H]1C(O)c1ccccc1. The van der Waals surface area contributed by atoms with Gasteiger partial charge in [-0.3, -0.25) is 4.79 Å². The molecule has 1 aliphatic rings. The van der Waals surface area contributed by atoms with Crippen LogP contribution in [0.2, 0.25) is 0 Å². The first-order valence-electron chi connectivity index (χ1n) is 7.48. The molecule has 2 aromatic carbocycles. The zero-order chi connectivity index (χ0) is 16.6. The number of amides is 1. The summed E-state index contributed by atoms with van der Waals surface area (Å²) in [5, 5.41) is 31.2. The maximum atomic E-state index is 12.2. The van der Waals surface area contributed by atoms with Crippen LogP contribution in [0.15, 0.2) is 54.6 Å². The minimum atomic E-state index is -1.29. The lowest BCUT2D eigenvalue weighted by atomic mass is 9.84. The number of phenolic OH excluding ortho intramolecular Hbond substituents is 1. The topological polar surface area (TPSA) is 81.0 Å².